The first-order chi connectivity index (χ1) is 27.2. The van der Waals surface area contributed by atoms with Crippen molar-refractivity contribution >= 4 is 44.1 Å². The zero-order valence-corrected chi connectivity index (χ0v) is 29.7. The molecule has 1 atom stereocenters. The van der Waals surface area contributed by atoms with E-state index in [-0.39, 0.29) is 6.04 Å². The van der Waals surface area contributed by atoms with Gasteiger partial charge in [0.25, 0.3) is 0 Å². The fourth-order valence-electron chi connectivity index (χ4n) is 8.03. The lowest BCUT2D eigenvalue weighted by atomic mass is 9.99. The summed E-state index contributed by atoms with van der Waals surface area (Å²) < 4.78 is 15.7. The molecule has 0 saturated carbocycles. The molecule has 9 aromatic rings. The number of hydrogen-bond acceptors (Lipinski definition) is 4. The van der Waals surface area contributed by atoms with Gasteiger partial charge in [-0.3, -0.25) is 0 Å². The first-order valence-electron chi connectivity index (χ1n) is 18.6. The number of aromatic nitrogens is 1. The number of nitrogens with zero attached hydrogens (tertiary/aromatic N) is 2. The van der Waals surface area contributed by atoms with Crippen molar-refractivity contribution in [2.24, 2.45) is 4.99 Å². The van der Waals surface area contributed by atoms with Crippen molar-refractivity contribution in [3.8, 4) is 39.8 Å². The molecule has 0 fully saturated rings. The van der Waals surface area contributed by atoms with Crippen LogP contribution in [0.4, 0.5) is 0 Å². The molecule has 260 valence electrons. The minimum Gasteiger partial charge on any atom is -0.449 e. The lowest BCUT2D eigenvalue weighted by molar-refractivity contribution is 0.366. The molecule has 2 aliphatic heterocycles. The number of hydrogen-bond donors (Lipinski definition) is 1. The zero-order valence-electron chi connectivity index (χ0n) is 29.7. The molecule has 0 saturated heterocycles. The molecule has 11 rings (SSSR count). The summed E-state index contributed by atoms with van der Waals surface area (Å²) in [5.74, 6) is 3.72. The molecule has 5 heteroatoms. The summed E-state index contributed by atoms with van der Waals surface area (Å²) in [5.41, 5.74) is 9.61. The SMILES string of the molecule is C1=C(c2ccccc2)N=C(c2cccc(-c3ccc(-n4c5ccccc5c5ccc6c(c54)Oc4c(ccc5ccccc45)O6)cc3)c2)NC1c1ccccc1. The first-order valence-corrected chi connectivity index (χ1v) is 18.6. The molecule has 0 amide bonds. The predicted octanol–water partition coefficient (Wildman–Crippen LogP) is 12.6. The second-order valence-electron chi connectivity index (χ2n) is 14.0. The number of nitrogens with one attached hydrogen (secondary N) is 1. The third kappa shape index (κ3) is 5.28. The zero-order chi connectivity index (χ0) is 36.3. The summed E-state index contributed by atoms with van der Waals surface area (Å²) >= 11 is 0. The summed E-state index contributed by atoms with van der Waals surface area (Å²) in [6, 6.07) is 63.4. The Labute approximate surface area is 318 Å². The predicted molar refractivity (Wildman–Crippen MR) is 224 cm³/mol. The number of para-hydroxylation sites is 1. The molecular formula is C50H33N3O2. The van der Waals surface area contributed by atoms with E-state index in [1.807, 2.05) is 30.3 Å². The topological polar surface area (TPSA) is 47.8 Å². The maximum absolute atomic E-state index is 6.86. The lowest BCUT2D eigenvalue weighted by Crippen LogP contribution is -2.31. The van der Waals surface area contributed by atoms with Crippen LogP contribution in [0.2, 0.25) is 0 Å². The molecule has 0 bridgehead atoms. The molecule has 5 nitrogen and oxygen atoms in total. The van der Waals surface area contributed by atoms with Crippen molar-refractivity contribution in [3.63, 3.8) is 0 Å². The summed E-state index contributed by atoms with van der Waals surface area (Å²) in [6.07, 6.45) is 2.21. The Kier molecular flexibility index (Phi) is 7.17. The van der Waals surface area contributed by atoms with Crippen LogP contribution in [0.5, 0.6) is 23.0 Å². The van der Waals surface area contributed by atoms with Crippen LogP contribution in [-0.4, -0.2) is 10.4 Å². The fourth-order valence-corrected chi connectivity index (χ4v) is 8.03. The standard InChI is InChI=1S/C50H33N3O2/c1-3-13-34(14-4-1)42-31-43(35-15-5-2-6-16-35)52-50(51-42)37-18-11-17-36(30-37)32-22-25-38(26-23-32)53-44-21-10-9-20-40(44)41-27-29-46-49(47(41)53)55-48-39-19-8-7-12-33(39)24-28-45(48)54-46/h1-31,42H,(H,51,52). The number of amidine groups is 1. The van der Waals surface area contributed by atoms with Gasteiger partial charge in [0, 0.05) is 27.4 Å². The number of ether oxygens (including phenoxy) is 2. The van der Waals surface area contributed by atoms with Crippen molar-refractivity contribution in [2.75, 3.05) is 0 Å². The van der Waals surface area contributed by atoms with Gasteiger partial charge in [-0.2, -0.15) is 0 Å². The van der Waals surface area contributed by atoms with Crippen molar-refractivity contribution in [3.05, 3.63) is 205 Å². The van der Waals surface area contributed by atoms with Crippen LogP contribution in [0.25, 0.3) is 55.1 Å². The molecule has 1 unspecified atom stereocenters. The number of benzene rings is 8. The van der Waals surface area contributed by atoms with E-state index >= 15 is 0 Å². The van der Waals surface area contributed by atoms with Gasteiger partial charge in [-0.1, -0.05) is 140 Å². The van der Waals surface area contributed by atoms with Gasteiger partial charge in [0.15, 0.2) is 23.0 Å². The van der Waals surface area contributed by atoms with Crippen LogP contribution in [0.3, 0.4) is 0 Å². The van der Waals surface area contributed by atoms with Gasteiger partial charge in [-0.25, -0.2) is 4.99 Å². The molecule has 3 heterocycles. The molecule has 1 aromatic heterocycles. The van der Waals surface area contributed by atoms with Crippen LogP contribution >= 0.6 is 0 Å². The van der Waals surface area contributed by atoms with Crippen LogP contribution in [0.1, 0.15) is 22.7 Å². The Morgan fingerprint density at radius 1 is 0.491 bits per heavy atom. The highest BCUT2D eigenvalue weighted by atomic mass is 16.6. The monoisotopic (exact) mass is 707 g/mol. The summed E-state index contributed by atoms with van der Waals surface area (Å²) in [7, 11) is 0. The lowest BCUT2D eigenvalue weighted by Gasteiger charge is -2.24. The van der Waals surface area contributed by atoms with Gasteiger partial charge in [0.1, 0.15) is 11.4 Å². The maximum atomic E-state index is 6.86. The summed E-state index contributed by atoms with van der Waals surface area (Å²) in [5, 5.41) is 8.11. The Bertz CT molecular complexity index is 3000. The van der Waals surface area contributed by atoms with E-state index in [0.717, 1.165) is 83.6 Å². The third-order valence-electron chi connectivity index (χ3n) is 10.7. The third-order valence-corrected chi connectivity index (χ3v) is 10.7. The number of fused-ring (bicyclic) bond motifs is 8. The highest BCUT2D eigenvalue weighted by Crippen LogP contribution is 2.53. The van der Waals surface area contributed by atoms with Crippen molar-refractivity contribution in [1.82, 2.24) is 9.88 Å². The highest BCUT2D eigenvalue weighted by Gasteiger charge is 2.27. The van der Waals surface area contributed by atoms with E-state index in [9.17, 15) is 0 Å². The number of aliphatic imine (C=N–C) groups is 1. The fraction of sp³-hybridized carbons (Fsp3) is 0.0200. The first kappa shape index (κ1) is 31.2. The van der Waals surface area contributed by atoms with Gasteiger partial charge in [0.05, 0.1) is 17.3 Å². The van der Waals surface area contributed by atoms with Crippen molar-refractivity contribution in [2.45, 2.75) is 6.04 Å². The van der Waals surface area contributed by atoms with Crippen molar-refractivity contribution < 1.29 is 9.47 Å². The Morgan fingerprint density at radius 2 is 1.18 bits per heavy atom. The van der Waals surface area contributed by atoms with Crippen molar-refractivity contribution in [1.29, 1.82) is 0 Å². The van der Waals surface area contributed by atoms with Crippen LogP contribution in [0.15, 0.2) is 193 Å². The minimum atomic E-state index is -0.00890. The minimum absolute atomic E-state index is 0.00890. The maximum Gasteiger partial charge on any atom is 0.194 e. The van der Waals surface area contributed by atoms with E-state index in [4.69, 9.17) is 14.5 Å². The van der Waals surface area contributed by atoms with E-state index in [1.165, 1.54) is 5.56 Å². The van der Waals surface area contributed by atoms with Gasteiger partial charge in [-0.15, -0.1) is 0 Å². The Balaban J connectivity index is 0.984. The molecule has 0 spiro atoms. The smallest absolute Gasteiger partial charge is 0.194 e. The van der Waals surface area contributed by atoms with Gasteiger partial charge < -0.3 is 19.4 Å². The normalized spacial score (nSPS) is 14.7. The van der Waals surface area contributed by atoms with E-state index in [1.54, 1.807) is 0 Å². The Morgan fingerprint density at radius 3 is 2.04 bits per heavy atom. The van der Waals surface area contributed by atoms with Crippen LogP contribution in [0, 0.1) is 0 Å². The molecule has 55 heavy (non-hydrogen) atoms. The molecule has 2 aliphatic rings. The second kappa shape index (κ2) is 12.6. The quantitative estimate of drug-likeness (QED) is 0.194. The average molecular weight is 708 g/mol. The van der Waals surface area contributed by atoms with E-state index in [0.29, 0.717) is 11.5 Å². The molecule has 1 N–H and O–H groups in total. The Hall–Kier alpha value is -7.37. The average Bonchev–Trinajstić information content (AvgIpc) is 3.61. The second-order valence-corrected chi connectivity index (χ2v) is 14.0. The summed E-state index contributed by atoms with van der Waals surface area (Å²) in [4.78, 5) is 5.15. The van der Waals surface area contributed by atoms with Gasteiger partial charge in [0.2, 0.25) is 0 Å². The van der Waals surface area contributed by atoms with E-state index < -0.39 is 0 Å². The largest absolute Gasteiger partial charge is 0.449 e. The van der Waals surface area contributed by atoms with Gasteiger partial charge in [-0.05, 0) is 76.2 Å². The molecular weight excluding hydrogens is 675 g/mol. The van der Waals surface area contributed by atoms with Gasteiger partial charge >= 0.3 is 0 Å². The highest BCUT2D eigenvalue weighted by molar-refractivity contribution is 6.12. The van der Waals surface area contributed by atoms with E-state index in [2.05, 4.69) is 168 Å². The molecule has 8 aromatic carbocycles. The molecule has 0 aliphatic carbocycles. The van der Waals surface area contributed by atoms with Crippen LogP contribution in [-0.2, 0) is 0 Å². The summed E-state index contributed by atoms with van der Waals surface area (Å²) in [6.45, 7) is 0. The van der Waals surface area contributed by atoms with Crippen LogP contribution < -0.4 is 14.8 Å². The molecule has 0 radical (unpaired) electrons. The number of rotatable bonds is 5.